The second kappa shape index (κ2) is 9.42. The van der Waals surface area contributed by atoms with E-state index in [0.29, 0.717) is 24.4 Å². The molecule has 0 bridgehead atoms. The van der Waals surface area contributed by atoms with Gasteiger partial charge in [0.2, 0.25) is 0 Å². The van der Waals surface area contributed by atoms with Crippen molar-refractivity contribution in [1.82, 2.24) is 0 Å². The van der Waals surface area contributed by atoms with Crippen molar-refractivity contribution in [2.75, 3.05) is 25.6 Å². The number of carbonyl (C=O) groups is 1. The molecule has 0 aliphatic carbocycles. The number of nitrogens with zero attached hydrogens (tertiary/aromatic N) is 2. The maximum absolute atomic E-state index is 12.6. The van der Waals surface area contributed by atoms with Gasteiger partial charge in [-0.3, -0.25) is 20.2 Å². The van der Waals surface area contributed by atoms with Crippen LogP contribution in [-0.2, 0) is 9.47 Å². The fraction of sp³-hybridized carbons (Fsp3) is 0.278. The molecule has 2 aromatic carbocycles. The zero-order chi connectivity index (χ0) is 20.7. The van der Waals surface area contributed by atoms with Gasteiger partial charge in [0.15, 0.2) is 0 Å². The number of benzene rings is 2. The Morgan fingerprint density at radius 1 is 1.11 bits per heavy atom. The van der Waals surface area contributed by atoms with Gasteiger partial charge in [-0.1, -0.05) is 12.1 Å². The smallest absolute Gasteiger partial charge is 0.341 e. The molecule has 1 N–H and O–H groups in total. The van der Waals surface area contributed by atoms with E-state index >= 15 is 0 Å². The number of hydrogen-bond donors (Lipinski definition) is 1. The van der Waals surface area contributed by atoms with Crippen molar-refractivity contribution in [3.8, 4) is 0 Å². The van der Waals surface area contributed by atoms with E-state index in [4.69, 9.17) is 9.47 Å². The number of nitro groups is 2. The van der Waals surface area contributed by atoms with Crippen LogP contribution in [0.15, 0.2) is 42.5 Å². The average molecular weight is 389 g/mol. The van der Waals surface area contributed by atoms with E-state index in [1.165, 1.54) is 37.4 Å². The van der Waals surface area contributed by atoms with Crippen molar-refractivity contribution in [3.05, 3.63) is 73.8 Å². The van der Waals surface area contributed by atoms with E-state index in [9.17, 15) is 25.0 Å². The Labute approximate surface area is 160 Å². The van der Waals surface area contributed by atoms with E-state index in [1.54, 1.807) is 13.0 Å². The summed E-state index contributed by atoms with van der Waals surface area (Å²) in [5, 5.41) is 24.9. The van der Waals surface area contributed by atoms with Gasteiger partial charge < -0.3 is 14.8 Å². The molecule has 10 nitrogen and oxygen atoms in total. The van der Waals surface area contributed by atoms with Gasteiger partial charge in [0.05, 0.1) is 22.0 Å². The molecular formula is C18H19N3O7. The first-order valence-corrected chi connectivity index (χ1v) is 8.30. The zero-order valence-electron chi connectivity index (χ0n) is 15.3. The molecule has 0 saturated carbocycles. The molecule has 0 saturated heterocycles. The zero-order valence-corrected chi connectivity index (χ0v) is 15.3. The molecule has 2 aromatic rings. The Balaban J connectivity index is 2.25. The third-order valence-corrected chi connectivity index (χ3v) is 3.89. The Morgan fingerprint density at radius 3 is 2.43 bits per heavy atom. The Kier molecular flexibility index (Phi) is 6.99. The molecule has 0 spiro atoms. The van der Waals surface area contributed by atoms with Crippen LogP contribution in [0.5, 0.6) is 0 Å². The summed E-state index contributed by atoms with van der Waals surface area (Å²) in [6.07, 6.45) is -0.793. The molecule has 2 rings (SSSR count). The van der Waals surface area contributed by atoms with Crippen molar-refractivity contribution >= 4 is 23.0 Å². The number of nitrogens with one attached hydrogen (secondary N) is 1. The van der Waals surface area contributed by atoms with Crippen LogP contribution in [0, 0.1) is 20.2 Å². The normalized spacial score (nSPS) is 11.5. The highest BCUT2D eigenvalue weighted by Gasteiger charge is 2.21. The maximum atomic E-state index is 12.6. The molecule has 148 valence electrons. The summed E-state index contributed by atoms with van der Waals surface area (Å²) >= 11 is 0. The standard InChI is InChI=1S/C18H19N3O7/c1-12(13-4-3-5-14(10-13)20(23)24)28-18(22)16-11-15(21(25)26)6-7-17(16)19-8-9-27-2/h3-7,10-12,19H,8-9H2,1-2H3/t12-/m1/s1. The number of non-ortho nitro benzene ring substituents is 2. The number of esters is 1. The van der Waals surface area contributed by atoms with E-state index in [2.05, 4.69) is 5.32 Å². The van der Waals surface area contributed by atoms with Gasteiger partial charge >= 0.3 is 5.97 Å². The lowest BCUT2D eigenvalue weighted by Gasteiger charge is -2.16. The van der Waals surface area contributed by atoms with E-state index < -0.39 is 21.9 Å². The van der Waals surface area contributed by atoms with Crippen molar-refractivity contribution in [3.63, 3.8) is 0 Å². The van der Waals surface area contributed by atoms with Crippen LogP contribution < -0.4 is 5.32 Å². The van der Waals surface area contributed by atoms with Gasteiger partial charge in [-0.25, -0.2) is 4.79 Å². The van der Waals surface area contributed by atoms with Crippen molar-refractivity contribution in [2.45, 2.75) is 13.0 Å². The second-order valence-electron chi connectivity index (χ2n) is 5.81. The van der Waals surface area contributed by atoms with Crippen LogP contribution in [0.3, 0.4) is 0 Å². The molecule has 1 atom stereocenters. The van der Waals surface area contributed by atoms with Crippen LogP contribution in [-0.4, -0.2) is 36.1 Å². The summed E-state index contributed by atoms with van der Waals surface area (Å²) in [7, 11) is 1.52. The second-order valence-corrected chi connectivity index (χ2v) is 5.81. The van der Waals surface area contributed by atoms with Gasteiger partial charge in [-0.15, -0.1) is 0 Å². The van der Waals surface area contributed by atoms with Gasteiger partial charge in [-0.05, 0) is 18.6 Å². The minimum Gasteiger partial charge on any atom is -0.454 e. The number of hydrogen-bond acceptors (Lipinski definition) is 8. The van der Waals surface area contributed by atoms with Crippen LogP contribution >= 0.6 is 0 Å². The predicted molar refractivity (Wildman–Crippen MR) is 100 cm³/mol. The largest absolute Gasteiger partial charge is 0.454 e. The molecular weight excluding hydrogens is 370 g/mol. The topological polar surface area (TPSA) is 134 Å². The lowest BCUT2D eigenvalue weighted by atomic mass is 10.1. The van der Waals surface area contributed by atoms with Crippen LogP contribution in [0.25, 0.3) is 0 Å². The molecule has 28 heavy (non-hydrogen) atoms. The number of ether oxygens (including phenoxy) is 2. The lowest BCUT2D eigenvalue weighted by molar-refractivity contribution is -0.385. The third kappa shape index (κ3) is 5.24. The van der Waals surface area contributed by atoms with Crippen LogP contribution in [0.2, 0.25) is 0 Å². The fourth-order valence-corrected chi connectivity index (χ4v) is 2.44. The van der Waals surface area contributed by atoms with E-state index in [0.717, 1.165) is 6.07 Å². The first-order valence-electron chi connectivity index (χ1n) is 8.30. The molecule has 10 heteroatoms. The van der Waals surface area contributed by atoms with E-state index in [-0.39, 0.29) is 16.9 Å². The maximum Gasteiger partial charge on any atom is 0.341 e. The third-order valence-electron chi connectivity index (χ3n) is 3.89. The first kappa shape index (κ1) is 20.8. The van der Waals surface area contributed by atoms with Crippen LogP contribution in [0.4, 0.5) is 17.1 Å². The first-order chi connectivity index (χ1) is 13.3. The predicted octanol–water partition coefficient (Wildman–Crippen LogP) is 3.48. The van der Waals surface area contributed by atoms with Crippen LogP contribution in [0.1, 0.15) is 28.9 Å². The monoisotopic (exact) mass is 389 g/mol. The van der Waals surface area contributed by atoms with Gasteiger partial charge in [0.1, 0.15) is 6.10 Å². The number of methoxy groups -OCH3 is 1. The summed E-state index contributed by atoms with van der Waals surface area (Å²) in [6.45, 7) is 2.32. The SMILES string of the molecule is COCCNc1ccc([N+](=O)[O-])cc1C(=O)O[C@H](C)c1cccc([N+](=O)[O-])c1. The molecule has 0 radical (unpaired) electrons. The minimum atomic E-state index is -0.793. The molecule has 0 aliphatic heterocycles. The fourth-order valence-electron chi connectivity index (χ4n) is 2.44. The Bertz CT molecular complexity index is 885. The van der Waals surface area contributed by atoms with Crippen molar-refractivity contribution in [2.24, 2.45) is 0 Å². The number of anilines is 1. The number of nitro benzene ring substituents is 2. The minimum absolute atomic E-state index is 0.0115. The van der Waals surface area contributed by atoms with E-state index in [1.807, 2.05) is 0 Å². The summed E-state index contributed by atoms with van der Waals surface area (Å²) in [5.74, 6) is -0.789. The molecule has 0 aliphatic rings. The number of rotatable bonds is 9. The van der Waals surface area contributed by atoms with Crippen molar-refractivity contribution < 1.29 is 24.1 Å². The summed E-state index contributed by atoms with van der Waals surface area (Å²) in [6, 6.07) is 9.54. The molecule has 0 unspecified atom stereocenters. The van der Waals surface area contributed by atoms with Crippen molar-refractivity contribution in [1.29, 1.82) is 0 Å². The summed E-state index contributed by atoms with van der Waals surface area (Å²) in [5.41, 5.74) is 0.397. The highest BCUT2D eigenvalue weighted by atomic mass is 16.6. The highest BCUT2D eigenvalue weighted by molar-refractivity contribution is 5.96. The quantitative estimate of drug-likeness (QED) is 0.298. The molecule has 0 amide bonds. The summed E-state index contributed by atoms with van der Waals surface area (Å²) in [4.78, 5) is 33.4. The van der Waals surface area contributed by atoms with Gasteiger partial charge in [0, 0.05) is 43.6 Å². The van der Waals surface area contributed by atoms with Gasteiger partial charge in [-0.2, -0.15) is 0 Å². The molecule has 0 fully saturated rings. The van der Waals surface area contributed by atoms with Gasteiger partial charge in [0.25, 0.3) is 11.4 Å². The lowest BCUT2D eigenvalue weighted by Crippen LogP contribution is -2.15. The molecule has 0 aromatic heterocycles. The number of carbonyl (C=O) groups excluding carboxylic acids is 1. The Morgan fingerprint density at radius 2 is 1.79 bits per heavy atom. The Hall–Kier alpha value is -3.53. The highest BCUT2D eigenvalue weighted by Crippen LogP contribution is 2.27. The average Bonchev–Trinajstić information content (AvgIpc) is 2.68. The molecule has 0 heterocycles. The summed E-state index contributed by atoms with van der Waals surface area (Å²) < 4.78 is 10.3.